The fourth-order valence-corrected chi connectivity index (χ4v) is 4.67. The number of rotatable bonds is 3. The molecule has 2 fully saturated rings. The van der Waals surface area contributed by atoms with Crippen LogP contribution in [0.5, 0.6) is 0 Å². The molecular weight excluding hydrogens is 411 g/mol. The molecule has 6 nitrogen and oxygen atoms in total. The first-order valence-electron chi connectivity index (χ1n) is 10.2. The summed E-state index contributed by atoms with van der Waals surface area (Å²) in [4.78, 5) is 41.9. The van der Waals surface area contributed by atoms with Crippen LogP contribution in [0.1, 0.15) is 48.0 Å². The van der Waals surface area contributed by atoms with E-state index in [-0.39, 0.29) is 17.9 Å². The molecule has 3 atom stereocenters. The van der Waals surface area contributed by atoms with Crippen molar-refractivity contribution < 1.29 is 22.8 Å². The van der Waals surface area contributed by atoms with Crippen molar-refractivity contribution in [2.75, 3.05) is 5.32 Å². The van der Waals surface area contributed by atoms with E-state index in [2.05, 4.69) is 5.32 Å². The van der Waals surface area contributed by atoms with Gasteiger partial charge in [0.25, 0.3) is 11.5 Å². The quantitative estimate of drug-likeness (QED) is 0.773. The Morgan fingerprint density at radius 3 is 2.52 bits per heavy atom. The molecule has 0 bridgehead atoms. The third kappa shape index (κ3) is 4.22. The van der Waals surface area contributed by atoms with Gasteiger partial charge in [0.2, 0.25) is 5.91 Å². The Hall–Kier alpha value is -3.10. The number of nitrogens with zero attached hydrogens (tertiary/aromatic N) is 1. The van der Waals surface area contributed by atoms with Crippen LogP contribution in [-0.4, -0.2) is 33.8 Å². The standard InChI is InChI=1S/C22H22F3N3O3/c23-22(24,25)15-11-16(19(29)26-12-15)27-20(30)18-10-14-8-4-5-9-17(14)28(18)21(31)13-6-2-1-3-7-13/h1-3,6-7,11-12,14,17-18H,4-5,8-10H2,(H,26,29)(H,27,30). The number of amides is 2. The molecule has 2 N–H and O–H groups in total. The van der Waals surface area contributed by atoms with E-state index < -0.39 is 34.9 Å². The molecule has 164 valence electrons. The molecule has 2 aliphatic rings. The second-order valence-corrected chi connectivity index (χ2v) is 8.06. The number of nitrogens with one attached hydrogen (secondary N) is 2. The van der Waals surface area contributed by atoms with Crippen molar-refractivity contribution in [3.05, 3.63) is 64.1 Å². The maximum Gasteiger partial charge on any atom is 0.417 e. The number of carbonyl (C=O) groups is 2. The summed E-state index contributed by atoms with van der Waals surface area (Å²) < 4.78 is 39.0. The smallest absolute Gasteiger partial charge is 0.327 e. The first-order chi connectivity index (χ1) is 14.8. The number of halogens is 3. The number of carbonyl (C=O) groups excluding carboxylic acids is 2. The average molecular weight is 433 g/mol. The fraction of sp³-hybridized carbons (Fsp3) is 0.409. The number of fused-ring (bicyclic) bond motifs is 1. The molecule has 31 heavy (non-hydrogen) atoms. The summed E-state index contributed by atoms with van der Waals surface area (Å²) in [5, 5.41) is 2.33. The lowest BCUT2D eigenvalue weighted by atomic mass is 9.84. The molecule has 1 aliphatic carbocycles. The Bertz CT molecular complexity index is 1040. The zero-order valence-electron chi connectivity index (χ0n) is 16.6. The van der Waals surface area contributed by atoms with E-state index >= 15 is 0 Å². The van der Waals surface area contributed by atoms with E-state index in [1.54, 1.807) is 35.2 Å². The number of anilines is 1. The van der Waals surface area contributed by atoms with Crippen molar-refractivity contribution in [2.45, 2.75) is 50.4 Å². The lowest BCUT2D eigenvalue weighted by Gasteiger charge is -2.33. The minimum atomic E-state index is -4.67. The van der Waals surface area contributed by atoms with Crippen LogP contribution in [-0.2, 0) is 11.0 Å². The summed E-state index contributed by atoms with van der Waals surface area (Å²) in [5.74, 6) is -0.784. The second-order valence-electron chi connectivity index (χ2n) is 8.06. The van der Waals surface area contributed by atoms with E-state index in [4.69, 9.17) is 0 Å². The molecule has 1 saturated carbocycles. The van der Waals surface area contributed by atoms with Gasteiger partial charge < -0.3 is 15.2 Å². The summed E-state index contributed by atoms with van der Waals surface area (Å²) in [6.07, 6.45) is -0.0631. The van der Waals surface area contributed by atoms with Crippen LogP contribution in [0.25, 0.3) is 0 Å². The van der Waals surface area contributed by atoms with E-state index in [1.165, 1.54) is 0 Å². The van der Waals surface area contributed by atoms with Crippen molar-refractivity contribution in [3.8, 4) is 0 Å². The van der Waals surface area contributed by atoms with Crippen LogP contribution in [0, 0.1) is 5.92 Å². The molecule has 1 aliphatic heterocycles. The maximum absolute atomic E-state index is 13.3. The van der Waals surface area contributed by atoms with E-state index in [0.29, 0.717) is 24.2 Å². The lowest BCUT2D eigenvalue weighted by Crippen LogP contribution is -2.48. The predicted molar refractivity (Wildman–Crippen MR) is 107 cm³/mol. The SMILES string of the molecule is O=C(Nc1cc(C(F)(F)F)c[nH]c1=O)C1CC2CCCCC2N1C(=O)c1ccccc1. The maximum atomic E-state index is 13.3. The number of aromatic amines is 1. The number of alkyl halides is 3. The molecular formula is C22H22F3N3O3. The van der Waals surface area contributed by atoms with E-state index in [1.807, 2.05) is 4.98 Å². The highest BCUT2D eigenvalue weighted by Gasteiger charge is 2.47. The van der Waals surface area contributed by atoms with Crippen LogP contribution in [0.3, 0.4) is 0 Å². The van der Waals surface area contributed by atoms with Gasteiger partial charge >= 0.3 is 6.18 Å². The molecule has 9 heteroatoms. The van der Waals surface area contributed by atoms with Gasteiger partial charge in [0, 0.05) is 17.8 Å². The zero-order chi connectivity index (χ0) is 22.2. The first-order valence-corrected chi connectivity index (χ1v) is 10.2. The molecule has 2 amide bonds. The number of hydrogen-bond acceptors (Lipinski definition) is 3. The summed E-state index contributed by atoms with van der Waals surface area (Å²) in [6, 6.07) is 8.26. The Labute approximate surface area is 176 Å². The molecule has 3 unspecified atom stereocenters. The third-order valence-electron chi connectivity index (χ3n) is 6.13. The highest BCUT2D eigenvalue weighted by molar-refractivity contribution is 6.01. The van der Waals surface area contributed by atoms with Crippen molar-refractivity contribution in [1.82, 2.24) is 9.88 Å². The highest BCUT2D eigenvalue weighted by atomic mass is 19.4. The average Bonchev–Trinajstić information content (AvgIpc) is 3.14. The zero-order valence-corrected chi connectivity index (χ0v) is 16.6. The third-order valence-corrected chi connectivity index (χ3v) is 6.13. The molecule has 1 aromatic heterocycles. The molecule has 1 saturated heterocycles. The molecule has 0 radical (unpaired) electrons. The van der Waals surface area contributed by atoms with Gasteiger partial charge in [0.15, 0.2) is 0 Å². The Balaban J connectivity index is 1.63. The van der Waals surface area contributed by atoms with Crippen LogP contribution < -0.4 is 10.9 Å². The summed E-state index contributed by atoms with van der Waals surface area (Å²) in [6.45, 7) is 0. The van der Waals surface area contributed by atoms with Crippen molar-refractivity contribution >= 4 is 17.5 Å². The van der Waals surface area contributed by atoms with Gasteiger partial charge in [-0.15, -0.1) is 0 Å². The molecule has 2 heterocycles. The van der Waals surface area contributed by atoms with Crippen LogP contribution in [0.4, 0.5) is 18.9 Å². The van der Waals surface area contributed by atoms with Gasteiger partial charge in [0.1, 0.15) is 11.7 Å². The molecule has 0 spiro atoms. The summed E-state index contributed by atoms with van der Waals surface area (Å²) in [7, 11) is 0. The summed E-state index contributed by atoms with van der Waals surface area (Å²) in [5.41, 5.74) is -1.94. The number of aromatic nitrogens is 1. The normalized spacial score (nSPS) is 23.3. The van der Waals surface area contributed by atoms with Gasteiger partial charge in [-0.1, -0.05) is 31.0 Å². The van der Waals surface area contributed by atoms with Crippen LogP contribution in [0.2, 0.25) is 0 Å². The predicted octanol–water partition coefficient (Wildman–Crippen LogP) is 3.81. The monoisotopic (exact) mass is 433 g/mol. The van der Waals surface area contributed by atoms with Crippen LogP contribution in [0.15, 0.2) is 47.4 Å². The van der Waals surface area contributed by atoms with Crippen molar-refractivity contribution in [3.63, 3.8) is 0 Å². The summed E-state index contributed by atoms with van der Waals surface area (Å²) >= 11 is 0. The Morgan fingerprint density at radius 2 is 1.81 bits per heavy atom. The Kier molecular flexibility index (Phi) is 5.60. The van der Waals surface area contributed by atoms with Gasteiger partial charge in [-0.05, 0) is 43.4 Å². The van der Waals surface area contributed by atoms with Crippen LogP contribution >= 0.6 is 0 Å². The number of likely N-dealkylation sites (tertiary alicyclic amines) is 1. The number of H-pyrrole nitrogens is 1. The first kappa shape index (κ1) is 21.1. The molecule has 4 rings (SSSR count). The fourth-order valence-electron chi connectivity index (χ4n) is 4.67. The largest absolute Gasteiger partial charge is 0.417 e. The number of benzene rings is 1. The molecule has 2 aromatic rings. The van der Waals surface area contributed by atoms with Crippen molar-refractivity contribution in [2.24, 2.45) is 5.92 Å². The van der Waals surface area contributed by atoms with Gasteiger partial charge in [-0.25, -0.2) is 0 Å². The highest BCUT2D eigenvalue weighted by Crippen LogP contribution is 2.41. The van der Waals surface area contributed by atoms with Gasteiger partial charge in [-0.3, -0.25) is 14.4 Å². The number of pyridine rings is 1. The minimum absolute atomic E-state index is 0.1000. The Morgan fingerprint density at radius 1 is 1.10 bits per heavy atom. The lowest BCUT2D eigenvalue weighted by molar-refractivity contribution is -0.137. The number of hydrogen-bond donors (Lipinski definition) is 2. The van der Waals surface area contributed by atoms with Gasteiger partial charge in [-0.2, -0.15) is 13.2 Å². The van der Waals surface area contributed by atoms with Crippen molar-refractivity contribution in [1.29, 1.82) is 0 Å². The topological polar surface area (TPSA) is 82.3 Å². The van der Waals surface area contributed by atoms with E-state index in [0.717, 1.165) is 25.7 Å². The minimum Gasteiger partial charge on any atom is -0.327 e. The van der Waals surface area contributed by atoms with E-state index in [9.17, 15) is 27.6 Å². The van der Waals surface area contributed by atoms with Gasteiger partial charge in [0.05, 0.1) is 5.56 Å². The second kappa shape index (κ2) is 8.20. The molecule has 1 aromatic carbocycles.